The molecule has 1 heterocycles. The summed E-state index contributed by atoms with van der Waals surface area (Å²) in [5.41, 5.74) is 8.20. The Kier molecular flexibility index (Phi) is 5.79. The summed E-state index contributed by atoms with van der Waals surface area (Å²) in [7, 11) is 0. The number of hydrogen-bond acceptors (Lipinski definition) is 3. The summed E-state index contributed by atoms with van der Waals surface area (Å²) in [5, 5.41) is 4.50. The van der Waals surface area contributed by atoms with E-state index in [4.69, 9.17) is 5.73 Å². The topological polar surface area (TPSA) is 70.9 Å². The Morgan fingerprint density at radius 1 is 1.20 bits per heavy atom. The van der Waals surface area contributed by atoms with Crippen molar-refractivity contribution in [3.8, 4) is 0 Å². The van der Waals surface area contributed by atoms with Crippen molar-refractivity contribution in [2.45, 2.75) is 36.1 Å². The highest BCUT2D eigenvalue weighted by atomic mass is 32.2. The fourth-order valence-corrected chi connectivity index (χ4v) is 3.81. The van der Waals surface area contributed by atoms with Gasteiger partial charge in [-0.15, -0.1) is 0 Å². The van der Waals surface area contributed by atoms with Crippen LogP contribution in [-0.2, 0) is 6.54 Å². The van der Waals surface area contributed by atoms with E-state index >= 15 is 0 Å². The summed E-state index contributed by atoms with van der Waals surface area (Å²) in [6, 6.07) is 16.3. The Labute approximate surface area is 152 Å². The van der Waals surface area contributed by atoms with Gasteiger partial charge in [-0.1, -0.05) is 49.4 Å². The maximum Gasteiger partial charge on any atom is 0.266 e. The van der Waals surface area contributed by atoms with Crippen LogP contribution in [0.5, 0.6) is 0 Å². The Hall–Kier alpha value is -2.24. The third-order valence-electron chi connectivity index (χ3n) is 4.06. The SMILES string of the molecule is CCCCNCc1ccc2[nH]c(C(N)=O)c(Sc3ccccc3)c2c1. The molecule has 0 aliphatic rings. The Balaban J connectivity index is 1.93. The Morgan fingerprint density at radius 2 is 2.00 bits per heavy atom. The van der Waals surface area contributed by atoms with Gasteiger partial charge in [0.1, 0.15) is 5.69 Å². The van der Waals surface area contributed by atoms with Gasteiger partial charge in [0.25, 0.3) is 5.91 Å². The predicted molar refractivity (Wildman–Crippen MR) is 104 cm³/mol. The molecule has 1 amide bonds. The van der Waals surface area contributed by atoms with Crippen LogP contribution in [0.25, 0.3) is 10.9 Å². The highest BCUT2D eigenvalue weighted by molar-refractivity contribution is 7.99. The summed E-state index contributed by atoms with van der Waals surface area (Å²) in [5.74, 6) is -0.433. The van der Waals surface area contributed by atoms with Crippen LogP contribution in [0.2, 0.25) is 0 Å². The minimum atomic E-state index is -0.433. The molecule has 5 heteroatoms. The second kappa shape index (κ2) is 8.23. The quantitative estimate of drug-likeness (QED) is 0.529. The third kappa shape index (κ3) is 4.24. The molecule has 0 radical (unpaired) electrons. The number of rotatable bonds is 8. The van der Waals surface area contributed by atoms with E-state index in [1.807, 2.05) is 36.4 Å². The largest absolute Gasteiger partial charge is 0.364 e. The smallest absolute Gasteiger partial charge is 0.266 e. The monoisotopic (exact) mass is 353 g/mol. The second-order valence-corrected chi connectivity index (χ2v) is 7.10. The molecule has 0 saturated carbocycles. The molecule has 4 N–H and O–H groups in total. The molecule has 3 rings (SSSR count). The third-order valence-corrected chi connectivity index (χ3v) is 5.20. The lowest BCUT2D eigenvalue weighted by Crippen LogP contribution is -2.14. The number of nitrogens with one attached hydrogen (secondary N) is 2. The lowest BCUT2D eigenvalue weighted by atomic mass is 10.1. The normalized spacial score (nSPS) is 11.1. The van der Waals surface area contributed by atoms with Crippen molar-refractivity contribution in [3.63, 3.8) is 0 Å². The number of hydrogen-bond donors (Lipinski definition) is 3. The molecule has 0 aliphatic heterocycles. The van der Waals surface area contributed by atoms with E-state index in [1.165, 1.54) is 18.4 Å². The molecule has 4 nitrogen and oxygen atoms in total. The van der Waals surface area contributed by atoms with Gasteiger partial charge in [-0.2, -0.15) is 0 Å². The van der Waals surface area contributed by atoms with Gasteiger partial charge in [0, 0.05) is 22.3 Å². The van der Waals surface area contributed by atoms with Crippen molar-refractivity contribution in [1.82, 2.24) is 10.3 Å². The molecule has 130 valence electrons. The zero-order chi connectivity index (χ0) is 17.6. The standard InChI is InChI=1S/C20H23N3OS/c1-2-3-11-22-13-14-9-10-17-16(12-14)19(18(23-17)20(21)24)25-15-7-5-4-6-8-15/h4-10,12,22-23H,2-3,11,13H2,1H3,(H2,21,24). The van der Waals surface area contributed by atoms with E-state index in [0.29, 0.717) is 5.69 Å². The zero-order valence-electron chi connectivity index (χ0n) is 14.3. The molecule has 3 aromatic rings. The molecular weight excluding hydrogens is 330 g/mol. The first-order chi connectivity index (χ1) is 12.2. The van der Waals surface area contributed by atoms with Gasteiger partial charge in [0.05, 0.1) is 4.90 Å². The van der Waals surface area contributed by atoms with Crippen molar-refractivity contribution in [2.75, 3.05) is 6.54 Å². The van der Waals surface area contributed by atoms with Crippen LogP contribution in [-0.4, -0.2) is 17.4 Å². The second-order valence-electron chi connectivity index (χ2n) is 6.02. The maximum absolute atomic E-state index is 11.9. The van der Waals surface area contributed by atoms with E-state index < -0.39 is 5.91 Å². The van der Waals surface area contributed by atoms with Crippen molar-refractivity contribution in [3.05, 3.63) is 59.8 Å². The fraction of sp³-hybridized carbons (Fsp3) is 0.250. The number of carbonyl (C=O) groups is 1. The predicted octanol–water partition coefficient (Wildman–Crippen LogP) is 4.31. The number of aromatic amines is 1. The lowest BCUT2D eigenvalue weighted by molar-refractivity contribution is 0.0993. The minimum Gasteiger partial charge on any atom is -0.364 e. The van der Waals surface area contributed by atoms with Gasteiger partial charge < -0.3 is 16.0 Å². The lowest BCUT2D eigenvalue weighted by Gasteiger charge is -2.06. The number of nitrogens with two attached hydrogens (primary N) is 1. The number of unbranched alkanes of at least 4 members (excludes halogenated alkanes) is 1. The van der Waals surface area contributed by atoms with Gasteiger partial charge in [-0.25, -0.2) is 0 Å². The fourth-order valence-electron chi connectivity index (χ4n) is 2.74. The summed E-state index contributed by atoms with van der Waals surface area (Å²) < 4.78 is 0. The van der Waals surface area contributed by atoms with Crippen LogP contribution >= 0.6 is 11.8 Å². The molecule has 0 atom stereocenters. The average Bonchev–Trinajstić information content (AvgIpc) is 2.98. The van der Waals surface area contributed by atoms with Crippen molar-refractivity contribution in [2.24, 2.45) is 5.73 Å². The van der Waals surface area contributed by atoms with Gasteiger partial charge in [0.2, 0.25) is 0 Å². The van der Waals surface area contributed by atoms with Crippen LogP contribution in [0, 0.1) is 0 Å². The van der Waals surface area contributed by atoms with Gasteiger partial charge in [-0.3, -0.25) is 4.79 Å². The van der Waals surface area contributed by atoms with E-state index in [-0.39, 0.29) is 0 Å². The average molecular weight is 353 g/mol. The summed E-state index contributed by atoms with van der Waals surface area (Å²) in [6.07, 6.45) is 2.36. The number of aromatic nitrogens is 1. The highest BCUT2D eigenvalue weighted by Crippen LogP contribution is 2.36. The molecule has 0 bridgehead atoms. The molecule has 0 fully saturated rings. The van der Waals surface area contributed by atoms with E-state index in [1.54, 1.807) is 11.8 Å². The van der Waals surface area contributed by atoms with Crippen molar-refractivity contribution in [1.29, 1.82) is 0 Å². The Morgan fingerprint density at radius 3 is 2.72 bits per heavy atom. The number of fused-ring (bicyclic) bond motifs is 1. The van der Waals surface area contributed by atoms with Crippen LogP contribution in [0.1, 0.15) is 35.8 Å². The number of H-pyrrole nitrogens is 1. The number of amides is 1. The van der Waals surface area contributed by atoms with Crippen LogP contribution in [0.4, 0.5) is 0 Å². The first kappa shape index (κ1) is 17.6. The van der Waals surface area contributed by atoms with E-state index in [2.05, 4.69) is 29.4 Å². The first-order valence-electron chi connectivity index (χ1n) is 8.57. The van der Waals surface area contributed by atoms with Crippen LogP contribution < -0.4 is 11.1 Å². The molecule has 25 heavy (non-hydrogen) atoms. The molecule has 0 aliphatic carbocycles. The summed E-state index contributed by atoms with van der Waals surface area (Å²) in [4.78, 5) is 17.0. The molecule has 1 aromatic heterocycles. The van der Waals surface area contributed by atoms with E-state index in [0.717, 1.165) is 33.8 Å². The minimum absolute atomic E-state index is 0.433. The summed E-state index contributed by atoms with van der Waals surface area (Å²) in [6.45, 7) is 4.02. The van der Waals surface area contributed by atoms with Crippen LogP contribution in [0.15, 0.2) is 58.3 Å². The molecule has 2 aromatic carbocycles. The van der Waals surface area contributed by atoms with Crippen LogP contribution in [0.3, 0.4) is 0 Å². The van der Waals surface area contributed by atoms with Gasteiger partial charge >= 0.3 is 0 Å². The van der Waals surface area contributed by atoms with Crippen molar-refractivity contribution >= 4 is 28.6 Å². The van der Waals surface area contributed by atoms with E-state index in [9.17, 15) is 4.79 Å². The number of primary amides is 1. The zero-order valence-corrected chi connectivity index (χ0v) is 15.2. The maximum atomic E-state index is 11.9. The molecular formula is C20H23N3OS. The van der Waals surface area contributed by atoms with Gasteiger partial charge in [0.15, 0.2) is 0 Å². The summed E-state index contributed by atoms with van der Waals surface area (Å²) >= 11 is 1.57. The first-order valence-corrected chi connectivity index (χ1v) is 9.38. The molecule has 0 saturated heterocycles. The number of benzene rings is 2. The molecule has 0 spiro atoms. The Bertz CT molecular complexity index is 858. The number of carbonyl (C=O) groups excluding carboxylic acids is 1. The molecule has 0 unspecified atom stereocenters. The van der Waals surface area contributed by atoms with Gasteiger partial charge in [-0.05, 0) is 42.8 Å². The van der Waals surface area contributed by atoms with Crippen molar-refractivity contribution < 1.29 is 4.79 Å². The highest BCUT2D eigenvalue weighted by Gasteiger charge is 2.17.